The Morgan fingerprint density at radius 2 is 2.08 bits per heavy atom. The van der Waals surface area contributed by atoms with Crippen molar-refractivity contribution in [3.05, 3.63) is 22.6 Å². The van der Waals surface area contributed by atoms with Gasteiger partial charge in [-0.15, -0.1) is 0 Å². The lowest BCUT2D eigenvalue weighted by molar-refractivity contribution is 0.289. The van der Waals surface area contributed by atoms with Gasteiger partial charge in [0.05, 0.1) is 0 Å². The standard InChI is InChI=1S/C6H2BrCl3FNO/c7-3-1-4(11)5(12-2-3)13-6(8,9)10/h1-2H. The SMILES string of the molecule is Fc1cc(Br)cnc1OC(Cl)(Cl)Cl. The molecule has 0 atom stereocenters. The smallest absolute Gasteiger partial charge is 0.339 e. The fourth-order valence-electron chi connectivity index (χ4n) is 0.587. The molecule has 1 rings (SSSR count). The summed E-state index contributed by atoms with van der Waals surface area (Å²) in [7, 11) is 0. The third kappa shape index (κ3) is 3.85. The highest BCUT2D eigenvalue weighted by atomic mass is 79.9. The number of alkyl halides is 3. The summed E-state index contributed by atoms with van der Waals surface area (Å²) in [5.74, 6) is -1.07. The quantitative estimate of drug-likeness (QED) is 0.738. The van der Waals surface area contributed by atoms with E-state index in [0.717, 1.165) is 6.07 Å². The van der Waals surface area contributed by atoms with Crippen LogP contribution in [-0.4, -0.2) is 8.96 Å². The van der Waals surface area contributed by atoms with E-state index in [1.165, 1.54) is 6.20 Å². The van der Waals surface area contributed by atoms with Crippen LogP contribution in [0.4, 0.5) is 4.39 Å². The third-order valence-electron chi connectivity index (χ3n) is 0.986. The van der Waals surface area contributed by atoms with Crippen LogP contribution in [-0.2, 0) is 0 Å². The van der Waals surface area contributed by atoms with Gasteiger partial charge < -0.3 is 4.74 Å². The van der Waals surface area contributed by atoms with Crippen LogP contribution in [0.1, 0.15) is 0 Å². The van der Waals surface area contributed by atoms with Crippen LogP contribution in [0.25, 0.3) is 0 Å². The zero-order valence-electron chi connectivity index (χ0n) is 5.90. The van der Waals surface area contributed by atoms with Gasteiger partial charge in [-0.05, 0) is 56.8 Å². The van der Waals surface area contributed by atoms with Gasteiger partial charge in [-0.3, -0.25) is 0 Å². The molecule has 0 radical (unpaired) electrons. The van der Waals surface area contributed by atoms with Crippen molar-refractivity contribution in [2.24, 2.45) is 0 Å². The highest BCUT2D eigenvalue weighted by Crippen LogP contribution is 2.30. The molecule has 72 valence electrons. The molecule has 2 nitrogen and oxygen atoms in total. The Balaban J connectivity index is 2.90. The molecule has 0 N–H and O–H groups in total. The summed E-state index contributed by atoms with van der Waals surface area (Å²) in [6.07, 6.45) is 1.33. The number of rotatable bonds is 1. The second-order valence-corrected chi connectivity index (χ2v) is 5.08. The van der Waals surface area contributed by atoms with Gasteiger partial charge in [-0.25, -0.2) is 9.37 Å². The van der Waals surface area contributed by atoms with E-state index in [-0.39, 0.29) is 5.88 Å². The summed E-state index contributed by atoms with van der Waals surface area (Å²) in [6, 6.07) is 1.15. The number of ether oxygens (including phenoxy) is 1. The van der Waals surface area contributed by atoms with Crippen molar-refractivity contribution < 1.29 is 9.13 Å². The zero-order chi connectivity index (χ0) is 10.1. The first-order valence-electron chi connectivity index (χ1n) is 2.95. The Morgan fingerprint density at radius 1 is 1.46 bits per heavy atom. The second-order valence-electron chi connectivity index (χ2n) is 1.99. The molecule has 0 saturated carbocycles. The summed E-state index contributed by atoms with van der Waals surface area (Å²) in [5, 5.41) is 0. The van der Waals surface area contributed by atoms with Crippen LogP contribution >= 0.6 is 50.7 Å². The molecule has 7 heteroatoms. The summed E-state index contributed by atoms with van der Waals surface area (Å²) < 4.78 is 16.0. The minimum atomic E-state index is -2.01. The van der Waals surface area contributed by atoms with Crippen molar-refractivity contribution in [3.8, 4) is 5.88 Å². The van der Waals surface area contributed by atoms with E-state index >= 15 is 0 Å². The number of halogens is 5. The van der Waals surface area contributed by atoms with Crippen molar-refractivity contribution in [3.63, 3.8) is 0 Å². The summed E-state index contributed by atoms with van der Waals surface area (Å²) in [6.45, 7) is 0. The lowest BCUT2D eigenvalue weighted by Crippen LogP contribution is -2.14. The first-order chi connectivity index (χ1) is 5.88. The van der Waals surface area contributed by atoms with E-state index in [1.807, 2.05) is 0 Å². The van der Waals surface area contributed by atoms with Gasteiger partial charge in [-0.2, -0.15) is 0 Å². The van der Waals surface area contributed by atoms with Gasteiger partial charge in [-0.1, -0.05) is 0 Å². The molecule has 0 aliphatic carbocycles. The highest BCUT2D eigenvalue weighted by molar-refractivity contribution is 9.10. The van der Waals surface area contributed by atoms with Crippen LogP contribution in [0.2, 0.25) is 0 Å². The molecule has 13 heavy (non-hydrogen) atoms. The molecular formula is C6H2BrCl3FNO. The Labute approximate surface area is 97.1 Å². The van der Waals surface area contributed by atoms with Gasteiger partial charge in [0.1, 0.15) is 0 Å². The number of nitrogens with zero attached hydrogens (tertiary/aromatic N) is 1. The molecule has 0 aromatic carbocycles. The molecule has 0 fully saturated rings. The Morgan fingerprint density at radius 3 is 2.54 bits per heavy atom. The van der Waals surface area contributed by atoms with Crippen LogP contribution in [0.15, 0.2) is 16.7 Å². The van der Waals surface area contributed by atoms with Crippen molar-refractivity contribution in [1.29, 1.82) is 0 Å². The highest BCUT2D eigenvalue weighted by Gasteiger charge is 2.24. The summed E-state index contributed by atoms with van der Waals surface area (Å²) in [5.41, 5.74) is 0. The molecule has 0 saturated heterocycles. The van der Waals surface area contributed by atoms with E-state index < -0.39 is 9.80 Å². The average molecular weight is 309 g/mol. The normalized spacial score (nSPS) is 11.5. The second kappa shape index (κ2) is 4.17. The molecule has 1 aromatic rings. The van der Waals surface area contributed by atoms with Gasteiger partial charge in [0.15, 0.2) is 5.82 Å². The van der Waals surface area contributed by atoms with Crippen molar-refractivity contribution in [1.82, 2.24) is 4.98 Å². The Hall–Kier alpha value is 0.230. The molecule has 0 aliphatic rings. The zero-order valence-corrected chi connectivity index (χ0v) is 9.75. The van der Waals surface area contributed by atoms with Crippen molar-refractivity contribution in [2.75, 3.05) is 0 Å². The van der Waals surface area contributed by atoms with Crippen LogP contribution in [0, 0.1) is 5.82 Å². The number of aromatic nitrogens is 1. The number of hydrogen-bond acceptors (Lipinski definition) is 2. The lowest BCUT2D eigenvalue weighted by Gasteiger charge is -2.12. The van der Waals surface area contributed by atoms with E-state index in [9.17, 15) is 4.39 Å². The third-order valence-corrected chi connectivity index (χ3v) is 1.65. The summed E-state index contributed by atoms with van der Waals surface area (Å²) >= 11 is 18.8. The summed E-state index contributed by atoms with van der Waals surface area (Å²) in [4.78, 5) is 3.57. The average Bonchev–Trinajstić information content (AvgIpc) is 1.93. The molecule has 0 unspecified atom stereocenters. The lowest BCUT2D eigenvalue weighted by atomic mass is 10.5. The Bertz CT molecular complexity index is 317. The number of pyridine rings is 1. The molecule has 0 bridgehead atoms. The maximum atomic E-state index is 13.0. The Kier molecular flexibility index (Phi) is 3.63. The molecule has 0 aliphatic heterocycles. The first-order valence-corrected chi connectivity index (χ1v) is 4.88. The number of hydrogen-bond donors (Lipinski definition) is 0. The minimum absolute atomic E-state index is 0.358. The van der Waals surface area contributed by atoms with Crippen molar-refractivity contribution >= 4 is 50.7 Å². The first kappa shape index (κ1) is 11.3. The maximum Gasteiger partial charge on any atom is 0.339 e. The monoisotopic (exact) mass is 307 g/mol. The van der Waals surface area contributed by atoms with Crippen LogP contribution in [0.5, 0.6) is 5.88 Å². The fraction of sp³-hybridized carbons (Fsp3) is 0.167. The van der Waals surface area contributed by atoms with E-state index in [2.05, 4.69) is 25.7 Å². The molecule has 1 aromatic heterocycles. The van der Waals surface area contributed by atoms with Gasteiger partial charge in [0, 0.05) is 10.7 Å². The van der Waals surface area contributed by atoms with E-state index in [0.29, 0.717) is 4.47 Å². The van der Waals surface area contributed by atoms with Gasteiger partial charge in [0.2, 0.25) is 0 Å². The van der Waals surface area contributed by atoms with Gasteiger partial charge >= 0.3 is 3.98 Å². The van der Waals surface area contributed by atoms with Crippen LogP contribution < -0.4 is 4.74 Å². The molecular weight excluding hydrogens is 307 g/mol. The van der Waals surface area contributed by atoms with E-state index in [1.54, 1.807) is 0 Å². The van der Waals surface area contributed by atoms with Gasteiger partial charge in [0.25, 0.3) is 5.88 Å². The maximum absolute atomic E-state index is 13.0. The molecule has 0 amide bonds. The topological polar surface area (TPSA) is 22.1 Å². The minimum Gasteiger partial charge on any atom is -0.425 e. The molecule has 0 spiro atoms. The molecule has 1 heterocycles. The predicted octanol–water partition coefficient (Wildman–Crippen LogP) is 3.69. The van der Waals surface area contributed by atoms with E-state index in [4.69, 9.17) is 34.8 Å². The predicted molar refractivity (Wildman–Crippen MR) is 52.8 cm³/mol. The van der Waals surface area contributed by atoms with Crippen LogP contribution in [0.3, 0.4) is 0 Å². The van der Waals surface area contributed by atoms with Crippen molar-refractivity contribution in [2.45, 2.75) is 3.98 Å². The largest absolute Gasteiger partial charge is 0.425 e. The fourth-order valence-corrected chi connectivity index (χ4v) is 1.11.